The standard InChI is InChI=1S/C25H25N5OS/c1-17(2)25(31)30-13-11-29(12-14-30)23-20-15-21(18-7-4-3-5-8-18)32-24(20)28-22(27-23)19-9-6-10-26-16-19/h3-10,15-17H,11-14H2,1-2H3. The maximum Gasteiger partial charge on any atom is 0.225 e. The smallest absolute Gasteiger partial charge is 0.225 e. The molecule has 4 heterocycles. The van der Waals surface area contributed by atoms with Crippen molar-refractivity contribution in [1.29, 1.82) is 0 Å². The van der Waals surface area contributed by atoms with E-state index in [0.29, 0.717) is 18.9 Å². The van der Waals surface area contributed by atoms with Crippen molar-refractivity contribution in [3.8, 4) is 21.8 Å². The highest BCUT2D eigenvalue weighted by atomic mass is 32.1. The van der Waals surface area contributed by atoms with Crippen LogP contribution in [0.3, 0.4) is 0 Å². The lowest BCUT2D eigenvalue weighted by molar-refractivity contribution is -0.134. The number of carbonyl (C=O) groups excluding carboxylic acids is 1. The molecule has 0 unspecified atom stereocenters. The van der Waals surface area contributed by atoms with E-state index in [2.05, 4.69) is 40.2 Å². The summed E-state index contributed by atoms with van der Waals surface area (Å²) >= 11 is 1.68. The summed E-state index contributed by atoms with van der Waals surface area (Å²) in [5.41, 5.74) is 2.08. The summed E-state index contributed by atoms with van der Waals surface area (Å²) in [6.07, 6.45) is 3.56. The topological polar surface area (TPSA) is 62.2 Å². The average Bonchev–Trinajstić information content (AvgIpc) is 3.28. The first-order chi connectivity index (χ1) is 15.6. The van der Waals surface area contributed by atoms with E-state index in [1.54, 1.807) is 23.7 Å². The average molecular weight is 444 g/mol. The second kappa shape index (κ2) is 8.67. The van der Waals surface area contributed by atoms with Crippen molar-refractivity contribution in [3.05, 3.63) is 60.9 Å². The van der Waals surface area contributed by atoms with Gasteiger partial charge in [-0.1, -0.05) is 44.2 Å². The fraction of sp³-hybridized carbons (Fsp3) is 0.280. The minimum Gasteiger partial charge on any atom is -0.352 e. The molecule has 0 spiro atoms. The van der Waals surface area contributed by atoms with Crippen LogP contribution in [0.15, 0.2) is 60.9 Å². The van der Waals surface area contributed by atoms with Crippen molar-refractivity contribution in [2.24, 2.45) is 5.92 Å². The Balaban J connectivity index is 1.56. The minimum absolute atomic E-state index is 0.0230. The highest BCUT2D eigenvalue weighted by molar-refractivity contribution is 7.22. The number of anilines is 1. The normalized spacial score (nSPS) is 14.3. The lowest BCUT2D eigenvalue weighted by Gasteiger charge is -2.36. The number of carbonyl (C=O) groups is 1. The molecule has 32 heavy (non-hydrogen) atoms. The molecule has 7 heteroatoms. The number of aromatic nitrogens is 3. The zero-order chi connectivity index (χ0) is 22.1. The van der Waals surface area contributed by atoms with Crippen LogP contribution in [0.25, 0.3) is 32.0 Å². The van der Waals surface area contributed by atoms with Crippen LogP contribution in [0.5, 0.6) is 0 Å². The van der Waals surface area contributed by atoms with Gasteiger partial charge in [0.05, 0.1) is 5.39 Å². The number of amides is 1. The molecule has 1 amide bonds. The van der Waals surface area contributed by atoms with Gasteiger partial charge in [0, 0.05) is 54.9 Å². The van der Waals surface area contributed by atoms with Gasteiger partial charge in [-0.3, -0.25) is 9.78 Å². The number of thiophene rings is 1. The Hall–Kier alpha value is -3.32. The van der Waals surface area contributed by atoms with E-state index in [0.717, 1.165) is 34.7 Å². The fourth-order valence-electron chi connectivity index (χ4n) is 4.02. The van der Waals surface area contributed by atoms with Crippen molar-refractivity contribution in [3.63, 3.8) is 0 Å². The zero-order valence-corrected chi connectivity index (χ0v) is 19.0. The summed E-state index contributed by atoms with van der Waals surface area (Å²) in [6.45, 7) is 6.85. The summed E-state index contributed by atoms with van der Waals surface area (Å²) in [6, 6.07) is 16.5. The molecule has 6 nitrogen and oxygen atoms in total. The Morgan fingerprint density at radius 3 is 2.41 bits per heavy atom. The van der Waals surface area contributed by atoms with E-state index < -0.39 is 0 Å². The minimum atomic E-state index is 0.0230. The Morgan fingerprint density at radius 1 is 0.969 bits per heavy atom. The van der Waals surface area contributed by atoms with Crippen LogP contribution >= 0.6 is 11.3 Å². The summed E-state index contributed by atoms with van der Waals surface area (Å²) < 4.78 is 0. The molecule has 0 aliphatic carbocycles. The number of rotatable bonds is 4. The molecule has 1 aliphatic heterocycles. The molecular weight excluding hydrogens is 418 g/mol. The van der Waals surface area contributed by atoms with E-state index in [1.807, 2.05) is 36.9 Å². The Kier molecular flexibility index (Phi) is 5.57. The quantitative estimate of drug-likeness (QED) is 0.457. The summed E-state index contributed by atoms with van der Waals surface area (Å²) in [5.74, 6) is 1.86. The molecule has 4 aromatic rings. The lowest BCUT2D eigenvalue weighted by atomic mass is 10.1. The van der Waals surface area contributed by atoms with Gasteiger partial charge < -0.3 is 9.80 Å². The molecular formula is C25H25N5OS. The van der Waals surface area contributed by atoms with E-state index in [9.17, 15) is 4.79 Å². The first-order valence-corrected chi connectivity index (χ1v) is 11.7. The monoisotopic (exact) mass is 443 g/mol. The molecule has 1 aromatic carbocycles. The number of nitrogens with zero attached hydrogens (tertiary/aromatic N) is 5. The number of benzene rings is 1. The molecule has 3 aromatic heterocycles. The van der Waals surface area contributed by atoms with Gasteiger partial charge in [0.1, 0.15) is 10.6 Å². The van der Waals surface area contributed by atoms with Crippen LogP contribution in [0.1, 0.15) is 13.8 Å². The first-order valence-electron chi connectivity index (χ1n) is 10.9. The third-order valence-electron chi connectivity index (χ3n) is 5.74. The van der Waals surface area contributed by atoms with Crippen LogP contribution in [-0.4, -0.2) is 51.9 Å². The van der Waals surface area contributed by atoms with Gasteiger partial charge in [-0.2, -0.15) is 0 Å². The highest BCUT2D eigenvalue weighted by Crippen LogP contribution is 2.38. The van der Waals surface area contributed by atoms with Gasteiger partial charge in [-0.05, 0) is 23.8 Å². The maximum absolute atomic E-state index is 12.4. The van der Waals surface area contributed by atoms with Crippen LogP contribution in [0.4, 0.5) is 5.82 Å². The van der Waals surface area contributed by atoms with Crippen molar-refractivity contribution in [1.82, 2.24) is 19.9 Å². The molecule has 0 bridgehead atoms. The molecule has 1 aliphatic rings. The van der Waals surface area contributed by atoms with Crippen LogP contribution in [0, 0.1) is 5.92 Å². The highest BCUT2D eigenvalue weighted by Gasteiger charge is 2.26. The van der Waals surface area contributed by atoms with E-state index in [-0.39, 0.29) is 11.8 Å². The van der Waals surface area contributed by atoms with E-state index in [4.69, 9.17) is 9.97 Å². The van der Waals surface area contributed by atoms with Gasteiger partial charge in [0.15, 0.2) is 5.82 Å². The number of hydrogen-bond donors (Lipinski definition) is 0. The second-order valence-corrected chi connectivity index (χ2v) is 9.31. The summed E-state index contributed by atoms with van der Waals surface area (Å²) in [4.78, 5) is 32.9. The number of fused-ring (bicyclic) bond motifs is 1. The Bertz CT molecular complexity index is 1230. The lowest BCUT2D eigenvalue weighted by Crippen LogP contribution is -2.50. The molecule has 0 N–H and O–H groups in total. The van der Waals surface area contributed by atoms with E-state index in [1.165, 1.54) is 10.4 Å². The zero-order valence-electron chi connectivity index (χ0n) is 18.2. The number of hydrogen-bond acceptors (Lipinski definition) is 6. The fourth-order valence-corrected chi connectivity index (χ4v) is 5.05. The van der Waals surface area contributed by atoms with Crippen molar-refractivity contribution >= 4 is 33.3 Å². The Labute approximate surface area is 191 Å². The number of pyridine rings is 1. The molecule has 0 atom stereocenters. The summed E-state index contributed by atoms with van der Waals surface area (Å²) in [5, 5.41) is 1.06. The third kappa shape index (κ3) is 3.96. The predicted octanol–water partition coefficient (Wildman–Crippen LogP) is 4.72. The second-order valence-electron chi connectivity index (χ2n) is 8.28. The van der Waals surface area contributed by atoms with E-state index >= 15 is 0 Å². The van der Waals surface area contributed by atoms with Gasteiger partial charge in [0.2, 0.25) is 5.91 Å². The molecule has 162 valence electrons. The predicted molar refractivity (Wildman–Crippen MR) is 130 cm³/mol. The third-order valence-corrected chi connectivity index (χ3v) is 6.81. The molecule has 1 fully saturated rings. The van der Waals surface area contributed by atoms with Gasteiger partial charge in [-0.15, -0.1) is 11.3 Å². The Morgan fingerprint density at radius 2 is 1.72 bits per heavy atom. The maximum atomic E-state index is 12.4. The van der Waals surface area contributed by atoms with Crippen molar-refractivity contribution in [2.75, 3.05) is 31.1 Å². The van der Waals surface area contributed by atoms with Crippen LogP contribution in [0.2, 0.25) is 0 Å². The largest absolute Gasteiger partial charge is 0.352 e. The molecule has 0 saturated carbocycles. The first kappa shape index (κ1) is 20.6. The molecule has 5 rings (SSSR count). The SMILES string of the molecule is CC(C)C(=O)N1CCN(c2nc(-c3cccnc3)nc3sc(-c4ccccc4)cc23)CC1. The van der Waals surface area contributed by atoms with Gasteiger partial charge >= 0.3 is 0 Å². The van der Waals surface area contributed by atoms with Crippen LogP contribution in [-0.2, 0) is 4.79 Å². The number of piperazine rings is 1. The van der Waals surface area contributed by atoms with Crippen molar-refractivity contribution in [2.45, 2.75) is 13.8 Å². The van der Waals surface area contributed by atoms with Crippen molar-refractivity contribution < 1.29 is 4.79 Å². The van der Waals surface area contributed by atoms with Gasteiger partial charge in [0.25, 0.3) is 0 Å². The molecule has 0 radical (unpaired) electrons. The molecule has 1 saturated heterocycles. The summed E-state index contributed by atoms with van der Waals surface area (Å²) in [7, 11) is 0. The van der Waals surface area contributed by atoms with Crippen LogP contribution < -0.4 is 4.90 Å². The van der Waals surface area contributed by atoms with Gasteiger partial charge in [-0.25, -0.2) is 9.97 Å².